The molecule has 0 aliphatic carbocycles. The highest BCUT2D eigenvalue weighted by molar-refractivity contribution is 7.26. The van der Waals surface area contributed by atoms with Gasteiger partial charge in [-0.15, -0.1) is 11.3 Å². The zero-order valence-electron chi connectivity index (χ0n) is 13.9. The fraction of sp³-hybridized carbons (Fsp3) is 0. The number of hydrogen-bond acceptors (Lipinski definition) is 4. The van der Waals surface area contributed by atoms with E-state index in [1.165, 1.54) is 20.2 Å². The van der Waals surface area contributed by atoms with E-state index in [2.05, 4.69) is 52.4 Å². The molecule has 0 saturated heterocycles. The Morgan fingerprint density at radius 3 is 2.31 bits per heavy atom. The number of fused-ring (bicyclic) bond motifs is 3. The number of benzene rings is 3. The maximum Gasteiger partial charge on any atom is 0.221 e. The molecule has 2 heterocycles. The number of nitrogens with two attached hydrogens (primary N) is 1. The summed E-state index contributed by atoms with van der Waals surface area (Å²) in [4.78, 5) is 8.95. The van der Waals surface area contributed by atoms with E-state index < -0.39 is 0 Å². The van der Waals surface area contributed by atoms with Crippen LogP contribution in [0.25, 0.3) is 42.7 Å². The van der Waals surface area contributed by atoms with Gasteiger partial charge in [-0.3, -0.25) is 0 Å². The highest BCUT2D eigenvalue weighted by Gasteiger charge is 2.13. The minimum Gasteiger partial charge on any atom is -0.368 e. The molecule has 4 heteroatoms. The first-order valence-electron chi connectivity index (χ1n) is 8.40. The molecule has 0 amide bonds. The third-order valence-electron chi connectivity index (χ3n) is 4.49. The Labute approximate surface area is 154 Å². The van der Waals surface area contributed by atoms with Gasteiger partial charge in [-0.2, -0.15) is 0 Å². The van der Waals surface area contributed by atoms with E-state index >= 15 is 0 Å². The lowest BCUT2D eigenvalue weighted by atomic mass is 10.0. The molecule has 0 aliphatic rings. The van der Waals surface area contributed by atoms with Crippen LogP contribution in [0.3, 0.4) is 0 Å². The molecule has 0 saturated carbocycles. The van der Waals surface area contributed by atoms with Gasteiger partial charge in [0.2, 0.25) is 5.95 Å². The molecular weight excluding hydrogens is 338 g/mol. The topological polar surface area (TPSA) is 51.8 Å². The smallest absolute Gasteiger partial charge is 0.221 e. The van der Waals surface area contributed by atoms with Crippen LogP contribution in [0.1, 0.15) is 0 Å². The third-order valence-corrected chi connectivity index (χ3v) is 5.71. The molecule has 3 aromatic carbocycles. The first-order chi connectivity index (χ1) is 12.8. The van der Waals surface area contributed by atoms with E-state index in [9.17, 15) is 0 Å². The van der Waals surface area contributed by atoms with E-state index in [-0.39, 0.29) is 0 Å². The number of anilines is 1. The summed E-state index contributed by atoms with van der Waals surface area (Å²) in [6.45, 7) is 0. The highest BCUT2D eigenvalue weighted by Crippen LogP contribution is 2.39. The molecule has 5 aromatic rings. The minimum absolute atomic E-state index is 0.291. The van der Waals surface area contributed by atoms with Crippen molar-refractivity contribution in [2.45, 2.75) is 0 Å². The van der Waals surface area contributed by atoms with Gasteiger partial charge < -0.3 is 5.73 Å². The van der Waals surface area contributed by atoms with Gasteiger partial charge in [0.25, 0.3) is 0 Å². The molecular formula is C22H15N3S. The summed E-state index contributed by atoms with van der Waals surface area (Å²) in [5.74, 6) is 0.291. The summed E-state index contributed by atoms with van der Waals surface area (Å²) in [5, 5.41) is 2.53. The zero-order chi connectivity index (χ0) is 17.5. The van der Waals surface area contributed by atoms with Crippen LogP contribution in [0.4, 0.5) is 5.95 Å². The van der Waals surface area contributed by atoms with E-state index in [0.717, 1.165) is 22.5 Å². The number of thiophene rings is 1. The number of aromatic nitrogens is 2. The van der Waals surface area contributed by atoms with Crippen molar-refractivity contribution in [3.8, 4) is 22.5 Å². The molecule has 2 N–H and O–H groups in total. The molecule has 0 atom stereocenters. The van der Waals surface area contributed by atoms with Crippen molar-refractivity contribution in [1.82, 2.24) is 9.97 Å². The second kappa shape index (κ2) is 5.93. The van der Waals surface area contributed by atoms with Crippen LogP contribution < -0.4 is 5.73 Å². The maximum atomic E-state index is 6.03. The van der Waals surface area contributed by atoms with Crippen molar-refractivity contribution in [2.75, 3.05) is 5.73 Å². The summed E-state index contributed by atoms with van der Waals surface area (Å²) in [5.41, 5.74) is 9.85. The lowest BCUT2D eigenvalue weighted by molar-refractivity contribution is 1.20. The van der Waals surface area contributed by atoms with Crippen molar-refractivity contribution in [2.24, 2.45) is 0 Å². The van der Waals surface area contributed by atoms with Crippen LogP contribution in [-0.4, -0.2) is 9.97 Å². The van der Waals surface area contributed by atoms with Crippen molar-refractivity contribution >= 4 is 37.5 Å². The Balaban J connectivity index is 1.77. The van der Waals surface area contributed by atoms with Crippen LogP contribution in [-0.2, 0) is 0 Å². The Hall–Kier alpha value is -3.24. The van der Waals surface area contributed by atoms with Gasteiger partial charge in [-0.1, -0.05) is 66.7 Å². The van der Waals surface area contributed by atoms with E-state index in [1.54, 1.807) is 11.3 Å². The van der Waals surface area contributed by atoms with E-state index in [4.69, 9.17) is 5.73 Å². The summed E-state index contributed by atoms with van der Waals surface area (Å²) in [7, 11) is 0. The van der Waals surface area contributed by atoms with Gasteiger partial charge in [0.1, 0.15) is 0 Å². The third kappa shape index (κ3) is 2.43. The van der Waals surface area contributed by atoms with Gasteiger partial charge in [-0.25, -0.2) is 9.97 Å². The van der Waals surface area contributed by atoms with Crippen LogP contribution >= 0.6 is 11.3 Å². The van der Waals surface area contributed by atoms with Gasteiger partial charge in [0.05, 0.1) is 11.4 Å². The summed E-state index contributed by atoms with van der Waals surface area (Å²) in [6.07, 6.45) is 0. The number of nitrogen functional groups attached to an aromatic ring is 1. The Morgan fingerprint density at radius 1 is 0.692 bits per heavy atom. The van der Waals surface area contributed by atoms with Crippen molar-refractivity contribution < 1.29 is 0 Å². The maximum absolute atomic E-state index is 6.03. The predicted molar refractivity (Wildman–Crippen MR) is 110 cm³/mol. The molecule has 3 nitrogen and oxygen atoms in total. The van der Waals surface area contributed by atoms with Crippen LogP contribution in [0, 0.1) is 0 Å². The average molecular weight is 353 g/mol. The van der Waals surface area contributed by atoms with Crippen LogP contribution in [0.5, 0.6) is 0 Å². The summed E-state index contributed by atoms with van der Waals surface area (Å²) in [6, 6.07) is 26.9. The SMILES string of the molecule is Nc1nc(-c2ccccc2)cc(-c2cccc3c2sc2ccccc23)n1. The lowest BCUT2D eigenvalue weighted by Gasteiger charge is -2.07. The van der Waals surface area contributed by atoms with Gasteiger partial charge in [0, 0.05) is 31.3 Å². The number of nitrogens with zero attached hydrogens (tertiary/aromatic N) is 2. The van der Waals surface area contributed by atoms with Crippen molar-refractivity contribution in [1.29, 1.82) is 0 Å². The average Bonchev–Trinajstić information content (AvgIpc) is 3.07. The van der Waals surface area contributed by atoms with Crippen molar-refractivity contribution in [3.05, 3.63) is 78.9 Å². The molecule has 0 bridgehead atoms. The number of hydrogen-bond donors (Lipinski definition) is 1. The molecule has 124 valence electrons. The van der Waals surface area contributed by atoms with Gasteiger partial charge in [0.15, 0.2) is 0 Å². The molecule has 0 radical (unpaired) electrons. The molecule has 0 fully saturated rings. The molecule has 5 rings (SSSR count). The molecule has 0 unspecified atom stereocenters. The fourth-order valence-electron chi connectivity index (χ4n) is 3.31. The Kier molecular flexibility index (Phi) is 3.43. The Bertz CT molecular complexity index is 1240. The largest absolute Gasteiger partial charge is 0.368 e. The van der Waals surface area contributed by atoms with E-state index in [0.29, 0.717) is 5.95 Å². The predicted octanol–water partition coefficient (Wildman–Crippen LogP) is 5.76. The van der Waals surface area contributed by atoms with Gasteiger partial charge in [-0.05, 0) is 12.1 Å². The molecule has 0 spiro atoms. The minimum atomic E-state index is 0.291. The molecule has 26 heavy (non-hydrogen) atoms. The second-order valence-corrected chi connectivity index (χ2v) is 7.20. The monoisotopic (exact) mass is 353 g/mol. The highest BCUT2D eigenvalue weighted by atomic mass is 32.1. The van der Waals surface area contributed by atoms with Gasteiger partial charge >= 0.3 is 0 Å². The number of rotatable bonds is 2. The van der Waals surface area contributed by atoms with E-state index in [1.807, 2.05) is 36.4 Å². The normalized spacial score (nSPS) is 11.2. The second-order valence-electron chi connectivity index (χ2n) is 6.14. The van der Waals surface area contributed by atoms with Crippen molar-refractivity contribution in [3.63, 3.8) is 0 Å². The van der Waals surface area contributed by atoms with Crippen LogP contribution in [0.15, 0.2) is 78.9 Å². The zero-order valence-corrected chi connectivity index (χ0v) is 14.7. The quantitative estimate of drug-likeness (QED) is 0.439. The lowest BCUT2D eigenvalue weighted by Crippen LogP contribution is -1.98. The standard InChI is InChI=1S/C22H15N3S/c23-22-24-18(14-7-2-1-3-8-14)13-19(25-22)17-11-6-10-16-15-9-4-5-12-20(15)26-21(16)17/h1-13H,(H2,23,24,25). The first-order valence-corrected chi connectivity index (χ1v) is 9.22. The molecule has 2 aromatic heterocycles. The van der Waals surface area contributed by atoms with Crippen LogP contribution in [0.2, 0.25) is 0 Å². The summed E-state index contributed by atoms with van der Waals surface area (Å²) < 4.78 is 2.51. The Morgan fingerprint density at radius 2 is 1.42 bits per heavy atom. The first kappa shape index (κ1) is 15.0. The molecule has 0 aliphatic heterocycles. The summed E-state index contributed by atoms with van der Waals surface area (Å²) >= 11 is 1.79. The fourth-order valence-corrected chi connectivity index (χ4v) is 4.53.